The van der Waals surface area contributed by atoms with Crippen molar-refractivity contribution in [3.63, 3.8) is 0 Å². The second-order valence-electron chi connectivity index (χ2n) is 3.69. The van der Waals surface area contributed by atoms with Crippen LogP contribution in [0.15, 0.2) is 18.2 Å². The van der Waals surface area contributed by atoms with Gasteiger partial charge in [0, 0.05) is 44.3 Å². The normalized spacial score (nSPS) is 11.1. The highest BCUT2D eigenvalue weighted by Crippen LogP contribution is 2.12. The minimum atomic E-state index is -0.563. The molecule has 0 N–H and O–H groups in total. The van der Waals surface area contributed by atoms with Crippen molar-refractivity contribution in [1.82, 2.24) is 4.90 Å². The largest absolute Gasteiger partial charge is 0.383 e. The van der Waals surface area contributed by atoms with Crippen LogP contribution in [0.3, 0.4) is 0 Å². The summed E-state index contributed by atoms with van der Waals surface area (Å²) >= 11 is 5.67. The molecule has 0 amide bonds. The van der Waals surface area contributed by atoms with Gasteiger partial charge in [0.15, 0.2) is 0 Å². The van der Waals surface area contributed by atoms with Gasteiger partial charge in [-0.3, -0.25) is 4.90 Å². The maximum atomic E-state index is 13.4. The number of hydrogen-bond donors (Lipinski definition) is 0. The van der Waals surface area contributed by atoms with E-state index in [4.69, 9.17) is 16.3 Å². The molecule has 0 saturated carbocycles. The summed E-state index contributed by atoms with van der Waals surface area (Å²) in [4.78, 5) is 1.97. The third-order valence-corrected chi connectivity index (χ3v) is 2.59. The molecule has 0 radical (unpaired) electrons. The molecule has 1 aromatic rings. The highest BCUT2D eigenvalue weighted by Gasteiger charge is 2.09. The van der Waals surface area contributed by atoms with Crippen LogP contribution in [-0.2, 0) is 11.3 Å². The van der Waals surface area contributed by atoms with Crippen LogP contribution in [0.2, 0.25) is 0 Å². The van der Waals surface area contributed by atoms with Gasteiger partial charge in [0.1, 0.15) is 11.6 Å². The van der Waals surface area contributed by atoms with Crippen LogP contribution in [-0.4, -0.2) is 37.6 Å². The first-order valence-corrected chi connectivity index (χ1v) is 5.92. The summed E-state index contributed by atoms with van der Waals surface area (Å²) in [5, 5.41) is 0. The number of ether oxygens (including phenoxy) is 1. The molecule has 1 aromatic carbocycles. The maximum Gasteiger partial charge on any atom is 0.130 e. The number of nitrogens with zero attached hydrogens (tertiary/aromatic N) is 1. The lowest BCUT2D eigenvalue weighted by atomic mass is 10.2. The molecule has 0 unspecified atom stereocenters. The summed E-state index contributed by atoms with van der Waals surface area (Å²) in [6.07, 6.45) is 0. The summed E-state index contributed by atoms with van der Waals surface area (Å²) in [6.45, 7) is 2.27. The minimum absolute atomic E-state index is 0.405. The van der Waals surface area contributed by atoms with Crippen LogP contribution in [0.5, 0.6) is 0 Å². The van der Waals surface area contributed by atoms with Crippen molar-refractivity contribution in [3.05, 3.63) is 35.4 Å². The summed E-state index contributed by atoms with van der Waals surface area (Å²) in [6, 6.07) is 3.61. The van der Waals surface area contributed by atoms with Gasteiger partial charge in [-0.1, -0.05) is 6.07 Å². The molecule has 17 heavy (non-hydrogen) atoms. The average Bonchev–Trinajstić information content (AvgIpc) is 2.29. The third kappa shape index (κ3) is 4.98. The van der Waals surface area contributed by atoms with Gasteiger partial charge in [0.2, 0.25) is 0 Å². The third-order valence-electron chi connectivity index (χ3n) is 2.42. The molecule has 0 aliphatic carbocycles. The standard InChI is InChI=1S/C12H16ClF2NO/c1-17-7-6-16(5-4-13)9-10-2-3-11(14)8-12(10)15/h2-3,8H,4-7,9H2,1H3. The molecular formula is C12H16ClF2NO. The Labute approximate surface area is 105 Å². The van der Waals surface area contributed by atoms with Gasteiger partial charge in [0.25, 0.3) is 0 Å². The molecule has 0 bridgehead atoms. The van der Waals surface area contributed by atoms with Crippen LogP contribution < -0.4 is 0 Å². The first-order valence-electron chi connectivity index (χ1n) is 5.38. The smallest absolute Gasteiger partial charge is 0.130 e. The van der Waals surface area contributed by atoms with Crippen molar-refractivity contribution >= 4 is 11.6 Å². The zero-order valence-corrected chi connectivity index (χ0v) is 10.5. The highest BCUT2D eigenvalue weighted by atomic mass is 35.5. The molecule has 5 heteroatoms. The lowest BCUT2D eigenvalue weighted by Crippen LogP contribution is -2.29. The van der Waals surface area contributed by atoms with Crippen molar-refractivity contribution in [1.29, 1.82) is 0 Å². The van der Waals surface area contributed by atoms with Gasteiger partial charge >= 0.3 is 0 Å². The Bertz CT molecular complexity index is 349. The predicted octanol–water partition coefficient (Wildman–Crippen LogP) is 2.65. The zero-order chi connectivity index (χ0) is 12.7. The zero-order valence-electron chi connectivity index (χ0n) is 9.76. The molecule has 0 aliphatic rings. The number of rotatable bonds is 7. The molecule has 0 atom stereocenters. The number of benzene rings is 1. The van der Waals surface area contributed by atoms with Crippen LogP contribution in [0.25, 0.3) is 0 Å². The summed E-state index contributed by atoms with van der Waals surface area (Å²) in [5.41, 5.74) is 0.465. The van der Waals surface area contributed by atoms with Gasteiger partial charge in [-0.2, -0.15) is 0 Å². The number of halogens is 3. The first-order chi connectivity index (χ1) is 8.17. The maximum absolute atomic E-state index is 13.4. The van der Waals surface area contributed by atoms with E-state index in [2.05, 4.69) is 0 Å². The summed E-state index contributed by atoms with van der Waals surface area (Å²) < 4.78 is 31.2. The SMILES string of the molecule is COCCN(CCCl)Cc1ccc(F)cc1F. The summed E-state index contributed by atoms with van der Waals surface area (Å²) in [5.74, 6) is -0.624. The Hall–Kier alpha value is -0.710. The van der Waals surface area contributed by atoms with E-state index >= 15 is 0 Å². The van der Waals surface area contributed by atoms with Crippen molar-refractivity contribution in [2.45, 2.75) is 6.54 Å². The van der Waals surface area contributed by atoms with E-state index in [0.29, 0.717) is 37.7 Å². The molecule has 96 valence electrons. The van der Waals surface area contributed by atoms with Crippen LogP contribution in [0.4, 0.5) is 8.78 Å². The Balaban J connectivity index is 2.64. The van der Waals surface area contributed by atoms with Crippen molar-refractivity contribution in [3.8, 4) is 0 Å². The average molecular weight is 264 g/mol. The molecule has 0 aromatic heterocycles. The second-order valence-corrected chi connectivity index (χ2v) is 4.07. The minimum Gasteiger partial charge on any atom is -0.383 e. The second kappa shape index (κ2) is 7.58. The number of methoxy groups -OCH3 is 1. The Morgan fingerprint density at radius 3 is 2.65 bits per heavy atom. The molecule has 0 saturated heterocycles. The van der Waals surface area contributed by atoms with Crippen molar-refractivity contribution in [2.75, 3.05) is 32.7 Å². The monoisotopic (exact) mass is 263 g/mol. The number of alkyl halides is 1. The van der Waals surface area contributed by atoms with Gasteiger partial charge in [-0.05, 0) is 6.07 Å². The van der Waals surface area contributed by atoms with E-state index in [1.807, 2.05) is 4.90 Å². The lowest BCUT2D eigenvalue weighted by molar-refractivity contribution is 0.147. The van der Waals surface area contributed by atoms with Crippen LogP contribution in [0, 0.1) is 11.6 Å². The van der Waals surface area contributed by atoms with Crippen molar-refractivity contribution < 1.29 is 13.5 Å². The topological polar surface area (TPSA) is 12.5 Å². The molecule has 0 fully saturated rings. The Morgan fingerprint density at radius 1 is 1.29 bits per heavy atom. The van der Waals surface area contributed by atoms with Crippen molar-refractivity contribution in [2.24, 2.45) is 0 Å². The fourth-order valence-electron chi connectivity index (χ4n) is 1.50. The lowest BCUT2D eigenvalue weighted by Gasteiger charge is -2.21. The molecule has 0 heterocycles. The van der Waals surface area contributed by atoms with Gasteiger partial charge in [0.05, 0.1) is 6.61 Å². The van der Waals surface area contributed by atoms with Gasteiger partial charge in [-0.25, -0.2) is 8.78 Å². The molecule has 1 rings (SSSR count). The number of hydrogen-bond acceptors (Lipinski definition) is 2. The van der Waals surface area contributed by atoms with E-state index in [0.717, 1.165) is 6.07 Å². The van der Waals surface area contributed by atoms with Crippen LogP contribution >= 0.6 is 11.6 Å². The predicted molar refractivity (Wildman–Crippen MR) is 64.2 cm³/mol. The Kier molecular flexibility index (Phi) is 6.40. The van der Waals surface area contributed by atoms with E-state index in [9.17, 15) is 8.78 Å². The van der Waals surface area contributed by atoms with E-state index in [1.54, 1.807) is 7.11 Å². The fourth-order valence-corrected chi connectivity index (χ4v) is 1.74. The van der Waals surface area contributed by atoms with E-state index in [-0.39, 0.29) is 0 Å². The Morgan fingerprint density at radius 2 is 2.06 bits per heavy atom. The quantitative estimate of drug-likeness (QED) is 0.702. The highest BCUT2D eigenvalue weighted by molar-refractivity contribution is 6.18. The molecule has 0 aliphatic heterocycles. The summed E-state index contributed by atoms with van der Waals surface area (Å²) in [7, 11) is 1.61. The van der Waals surface area contributed by atoms with Gasteiger partial charge < -0.3 is 4.74 Å². The fraction of sp³-hybridized carbons (Fsp3) is 0.500. The molecule has 0 spiro atoms. The van der Waals surface area contributed by atoms with Gasteiger partial charge in [-0.15, -0.1) is 11.6 Å². The first kappa shape index (κ1) is 14.4. The van der Waals surface area contributed by atoms with E-state index < -0.39 is 11.6 Å². The van der Waals surface area contributed by atoms with E-state index in [1.165, 1.54) is 12.1 Å². The molecule has 2 nitrogen and oxygen atoms in total. The van der Waals surface area contributed by atoms with Crippen LogP contribution in [0.1, 0.15) is 5.56 Å². The molecular weight excluding hydrogens is 248 g/mol.